The normalized spacial score (nSPS) is 15.8. The van der Waals surface area contributed by atoms with Crippen molar-refractivity contribution in [1.29, 1.82) is 0 Å². The molecule has 0 amide bonds. The fourth-order valence-corrected chi connectivity index (χ4v) is 7.47. The van der Waals surface area contributed by atoms with Gasteiger partial charge in [-0.1, -0.05) is 133 Å². The van der Waals surface area contributed by atoms with Crippen molar-refractivity contribution >= 4 is 55.3 Å². The molecule has 10 rings (SSSR count). The molecule has 6 aromatic carbocycles. The molecule has 1 atom stereocenters. The summed E-state index contributed by atoms with van der Waals surface area (Å²) in [5.41, 5.74) is 11.7. The first-order valence-corrected chi connectivity index (χ1v) is 16.4. The standard InChI is InChI=1S/C44H29N3O/c1-3-13-28(14-4-1)31-19-11-23-38-41(31)35-18-8-10-22-37(35)47(38)39-24-12-20-33-32-26-25-30(27-40(32)48-43(33)39)44-45-36-21-9-7-17-34(36)42(46-44)29-15-5-2-6-16-29/h1-27,36H,(H,45,46). The van der Waals surface area contributed by atoms with Crippen LogP contribution < -0.4 is 5.32 Å². The van der Waals surface area contributed by atoms with Gasteiger partial charge < -0.3 is 14.3 Å². The first-order valence-electron chi connectivity index (χ1n) is 16.4. The second-order valence-electron chi connectivity index (χ2n) is 12.4. The molecular weight excluding hydrogens is 587 g/mol. The number of hydrogen-bond donors (Lipinski definition) is 1. The number of rotatable bonds is 4. The van der Waals surface area contributed by atoms with E-state index in [4.69, 9.17) is 9.41 Å². The molecule has 0 radical (unpaired) electrons. The number of nitrogens with one attached hydrogen (secondary N) is 1. The first kappa shape index (κ1) is 26.8. The summed E-state index contributed by atoms with van der Waals surface area (Å²) in [5.74, 6) is 0.834. The van der Waals surface area contributed by atoms with Gasteiger partial charge in [-0.2, -0.15) is 0 Å². The number of amidine groups is 1. The minimum absolute atomic E-state index is 0.0479. The second kappa shape index (κ2) is 10.6. The fraction of sp³-hybridized carbons (Fsp3) is 0.0227. The summed E-state index contributed by atoms with van der Waals surface area (Å²) in [5, 5.41) is 8.30. The number of allylic oxidation sites excluding steroid dienone is 2. The van der Waals surface area contributed by atoms with Crippen LogP contribution in [0.15, 0.2) is 179 Å². The molecule has 226 valence electrons. The lowest BCUT2D eigenvalue weighted by atomic mass is 9.94. The van der Waals surface area contributed by atoms with E-state index in [2.05, 4.69) is 168 Å². The van der Waals surface area contributed by atoms with E-state index in [0.29, 0.717) is 0 Å². The third-order valence-electron chi connectivity index (χ3n) is 9.64. The minimum atomic E-state index is 0.0479. The van der Waals surface area contributed by atoms with Crippen molar-refractivity contribution in [1.82, 2.24) is 9.88 Å². The quantitative estimate of drug-likeness (QED) is 0.214. The third kappa shape index (κ3) is 4.06. The summed E-state index contributed by atoms with van der Waals surface area (Å²) in [7, 11) is 0. The van der Waals surface area contributed by atoms with E-state index in [-0.39, 0.29) is 6.04 Å². The van der Waals surface area contributed by atoms with Gasteiger partial charge in [0.25, 0.3) is 0 Å². The van der Waals surface area contributed by atoms with Crippen LogP contribution in [0.5, 0.6) is 0 Å². The number of aliphatic imine (C=N–C) groups is 1. The molecule has 0 saturated heterocycles. The molecule has 1 aliphatic carbocycles. The number of para-hydroxylation sites is 2. The van der Waals surface area contributed by atoms with E-state index in [1.807, 2.05) is 6.07 Å². The maximum Gasteiger partial charge on any atom is 0.159 e. The summed E-state index contributed by atoms with van der Waals surface area (Å²) in [6.07, 6.45) is 8.51. The Labute approximate surface area is 277 Å². The Morgan fingerprint density at radius 1 is 0.604 bits per heavy atom. The smallest absolute Gasteiger partial charge is 0.159 e. The zero-order valence-corrected chi connectivity index (χ0v) is 26.0. The van der Waals surface area contributed by atoms with Crippen LogP contribution in [0.2, 0.25) is 0 Å². The Hall–Kier alpha value is -6.39. The second-order valence-corrected chi connectivity index (χ2v) is 12.4. The highest BCUT2D eigenvalue weighted by molar-refractivity contribution is 6.17. The average Bonchev–Trinajstić information content (AvgIpc) is 3.71. The van der Waals surface area contributed by atoms with Gasteiger partial charge in [-0.3, -0.25) is 0 Å². The predicted octanol–water partition coefficient (Wildman–Crippen LogP) is 10.6. The molecule has 48 heavy (non-hydrogen) atoms. The van der Waals surface area contributed by atoms with Crippen LogP contribution in [0.1, 0.15) is 11.1 Å². The number of furan rings is 1. The minimum Gasteiger partial charge on any atom is -0.454 e. The number of nitrogens with zero attached hydrogens (tertiary/aromatic N) is 2. The highest BCUT2D eigenvalue weighted by Crippen LogP contribution is 2.41. The van der Waals surface area contributed by atoms with Crippen molar-refractivity contribution < 1.29 is 4.42 Å². The van der Waals surface area contributed by atoms with Crippen LogP contribution in [-0.4, -0.2) is 16.4 Å². The average molecular weight is 616 g/mol. The van der Waals surface area contributed by atoms with Gasteiger partial charge in [0.2, 0.25) is 0 Å². The molecule has 1 N–H and O–H groups in total. The number of benzene rings is 6. The summed E-state index contributed by atoms with van der Waals surface area (Å²) in [6, 6.07) is 49.3. The van der Waals surface area contributed by atoms with Gasteiger partial charge >= 0.3 is 0 Å². The molecule has 8 aromatic rings. The van der Waals surface area contributed by atoms with Crippen LogP contribution in [-0.2, 0) is 0 Å². The van der Waals surface area contributed by atoms with E-state index in [1.54, 1.807) is 0 Å². The topological polar surface area (TPSA) is 42.5 Å². The van der Waals surface area contributed by atoms with Gasteiger partial charge in [0.05, 0.1) is 28.5 Å². The van der Waals surface area contributed by atoms with Gasteiger partial charge in [0.1, 0.15) is 11.4 Å². The summed E-state index contributed by atoms with van der Waals surface area (Å²) in [4.78, 5) is 5.18. The molecule has 1 aliphatic heterocycles. The molecule has 4 nitrogen and oxygen atoms in total. The van der Waals surface area contributed by atoms with Crippen molar-refractivity contribution in [2.75, 3.05) is 0 Å². The van der Waals surface area contributed by atoms with Crippen molar-refractivity contribution in [2.24, 2.45) is 4.99 Å². The van der Waals surface area contributed by atoms with Crippen molar-refractivity contribution in [2.45, 2.75) is 6.04 Å². The molecule has 0 bridgehead atoms. The maximum atomic E-state index is 6.83. The molecular formula is C44H29N3O. The Balaban J connectivity index is 1.16. The highest BCUT2D eigenvalue weighted by Gasteiger charge is 2.25. The van der Waals surface area contributed by atoms with Gasteiger partial charge in [-0.15, -0.1) is 0 Å². The Morgan fingerprint density at radius 2 is 1.35 bits per heavy atom. The Kier molecular flexibility index (Phi) is 5.90. The van der Waals surface area contributed by atoms with Gasteiger partial charge in [-0.25, -0.2) is 4.99 Å². The third-order valence-corrected chi connectivity index (χ3v) is 9.64. The highest BCUT2D eigenvalue weighted by atomic mass is 16.3. The van der Waals surface area contributed by atoms with Crippen molar-refractivity contribution in [3.8, 4) is 16.8 Å². The SMILES string of the molecule is C1=CC2=C(c3ccccc3)N=C(c3ccc4c(c3)oc3c(-n5c6ccccc6c6c(-c7ccccc7)cccc65)cccc34)NC2C=C1. The number of fused-ring (bicyclic) bond motifs is 7. The predicted molar refractivity (Wildman–Crippen MR) is 199 cm³/mol. The summed E-state index contributed by atoms with van der Waals surface area (Å²) < 4.78 is 9.19. The lowest BCUT2D eigenvalue weighted by molar-refractivity contribution is 0.666. The largest absolute Gasteiger partial charge is 0.454 e. The molecule has 1 unspecified atom stereocenters. The first-order chi connectivity index (χ1) is 23.8. The van der Waals surface area contributed by atoms with Gasteiger partial charge in [0, 0.05) is 38.2 Å². The van der Waals surface area contributed by atoms with Gasteiger partial charge in [-0.05, 0) is 41.5 Å². The van der Waals surface area contributed by atoms with Crippen molar-refractivity contribution in [3.05, 3.63) is 181 Å². The van der Waals surface area contributed by atoms with E-state index in [0.717, 1.165) is 61.3 Å². The Morgan fingerprint density at radius 3 is 2.23 bits per heavy atom. The molecule has 0 saturated carbocycles. The maximum absolute atomic E-state index is 6.83. The van der Waals surface area contributed by atoms with Gasteiger partial charge in [0.15, 0.2) is 5.58 Å². The van der Waals surface area contributed by atoms with Crippen LogP contribution in [0.25, 0.3) is 66.3 Å². The van der Waals surface area contributed by atoms with E-state index in [1.165, 1.54) is 27.5 Å². The number of hydrogen-bond acceptors (Lipinski definition) is 3. The van der Waals surface area contributed by atoms with Crippen LogP contribution in [0.4, 0.5) is 0 Å². The molecule has 0 fully saturated rings. The zero-order chi connectivity index (χ0) is 31.6. The summed E-state index contributed by atoms with van der Waals surface area (Å²) >= 11 is 0. The van der Waals surface area contributed by atoms with Crippen LogP contribution in [0.3, 0.4) is 0 Å². The van der Waals surface area contributed by atoms with Crippen LogP contribution >= 0.6 is 0 Å². The molecule has 3 heterocycles. The molecule has 4 heteroatoms. The van der Waals surface area contributed by atoms with E-state index < -0.39 is 0 Å². The van der Waals surface area contributed by atoms with E-state index in [9.17, 15) is 0 Å². The monoisotopic (exact) mass is 615 g/mol. The van der Waals surface area contributed by atoms with E-state index >= 15 is 0 Å². The van der Waals surface area contributed by atoms with Crippen molar-refractivity contribution in [3.63, 3.8) is 0 Å². The molecule has 2 aromatic heterocycles. The Bertz CT molecular complexity index is 2690. The molecule has 0 spiro atoms. The lowest BCUT2D eigenvalue weighted by Gasteiger charge is -2.28. The fourth-order valence-electron chi connectivity index (χ4n) is 7.47. The number of aromatic nitrogens is 1. The molecule has 2 aliphatic rings. The lowest BCUT2D eigenvalue weighted by Crippen LogP contribution is -2.39. The zero-order valence-electron chi connectivity index (χ0n) is 26.0. The van der Waals surface area contributed by atoms with Crippen LogP contribution in [0, 0.1) is 0 Å². The summed E-state index contributed by atoms with van der Waals surface area (Å²) in [6.45, 7) is 0.